The predicted molar refractivity (Wildman–Crippen MR) is 211 cm³/mol. The van der Waals surface area contributed by atoms with Crippen LogP contribution >= 0.6 is 0 Å². The van der Waals surface area contributed by atoms with Gasteiger partial charge in [0.05, 0.1) is 25.3 Å². The van der Waals surface area contributed by atoms with E-state index in [-0.39, 0.29) is 42.7 Å². The van der Waals surface area contributed by atoms with Crippen molar-refractivity contribution in [1.82, 2.24) is 41.4 Å². The maximum Gasteiger partial charge on any atom is 0.247 e. The van der Waals surface area contributed by atoms with Crippen LogP contribution in [-0.2, 0) is 40.0 Å². The monoisotopic (exact) mass is 794 g/mol. The van der Waals surface area contributed by atoms with Gasteiger partial charge in [0.15, 0.2) is 5.58 Å². The number of hydrogen-bond acceptors (Lipinski definition) is 11. The Morgan fingerprint density at radius 2 is 1.46 bits per heavy atom. The largest absolute Gasteiger partial charge is 0.438 e. The molecular weight excluding hydrogens is 732 g/mol. The van der Waals surface area contributed by atoms with Gasteiger partial charge >= 0.3 is 0 Å². The Kier molecular flexibility index (Phi) is 12.7. The van der Waals surface area contributed by atoms with E-state index in [2.05, 4.69) is 54.3 Å². The van der Waals surface area contributed by atoms with Gasteiger partial charge in [-0.1, -0.05) is 53.7 Å². The average molecular weight is 795 g/mol. The molecule has 5 N–H and O–H groups in total. The molecule has 1 aromatic carbocycles. The maximum absolute atomic E-state index is 14.1. The molecule has 4 saturated heterocycles. The van der Waals surface area contributed by atoms with E-state index >= 15 is 0 Å². The summed E-state index contributed by atoms with van der Waals surface area (Å²) < 4.78 is 18.6. The molecule has 8 atom stereocenters. The zero-order valence-electron chi connectivity index (χ0n) is 34.9. The fourth-order valence-corrected chi connectivity index (χ4v) is 8.62. The molecule has 4 fully saturated rings. The Morgan fingerprint density at radius 1 is 0.860 bits per heavy atom. The number of carbonyl (C=O) groups excluding carboxylic acids is 5. The van der Waals surface area contributed by atoms with Gasteiger partial charge in [-0.25, -0.2) is 4.98 Å². The van der Waals surface area contributed by atoms with Gasteiger partial charge in [0, 0.05) is 25.9 Å². The van der Waals surface area contributed by atoms with Crippen molar-refractivity contribution in [1.29, 1.82) is 0 Å². The first-order chi connectivity index (χ1) is 26.9. The number of ether oxygens (including phenoxy) is 2. The minimum absolute atomic E-state index is 0.206. The lowest BCUT2D eigenvalue weighted by Gasteiger charge is -2.33. The first-order valence-corrected chi connectivity index (χ1v) is 20.5. The van der Waals surface area contributed by atoms with Gasteiger partial charge in [-0.2, -0.15) is 0 Å². The molecule has 314 valence electrons. The maximum atomic E-state index is 14.1. The zero-order chi connectivity index (χ0) is 41.4. The first-order valence-electron chi connectivity index (χ1n) is 20.5. The third-order valence-electron chi connectivity index (χ3n) is 12.1. The number of rotatable bonds is 13. The highest BCUT2D eigenvalue weighted by atomic mass is 16.5. The summed E-state index contributed by atoms with van der Waals surface area (Å²) in [7, 11) is 1.69. The Labute approximate surface area is 335 Å². The van der Waals surface area contributed by atoms with Crippen LogP contribution in [0.25, 0.3) is 11.1 Å². The van der Waals surface area contributed by atoms with Crippen LogP contribution in [0.3, 0.4) is 0 Å². The number of amides is 5. The first kappa shape index (κ1) is 42.5. The van der Waals surface area contributed by atoms with Crippen molar-refractivity contribution in [2.45, 2.75) is 143 Å². The van der Waals surface area contributed by atoms with E-state index in [1.165, 1.54) is 0 Å². The Bertz CT molecular complexity index is 1830. The summed E-state index contributed by atoms with van der Waals surface area (Å²) in [5.74, 6) is -0.598. The molecule has 5 heterocycles. The topological polar surface area (TPSA) is 196 Å². The van der Waals surface area contributed by atoms with Crippen LogP contribution < -0.4 is 26.6 Å². The lowest BCUT2D eigenvalue weighted by Crippen LogP contribution is -2.58. The standard InChI is InChI=1S/C41H62N8O8/c1-22(2)13-16-43-36(52)32-40(5,6)19-29-48(32)38(53)26(14-17-55-29)46-35(51)24(4)44-21-25-11-10-12-28-31(25)47-37(57-28)33-41(7,8)20-30-49(33)39(54)27(15-18-56-30)45-34(50)23(3)42-9/h10-12,22-24,26-27,29-30,32-33,42,44H,13-21H2,1-9H3,(H,43,52)(H,45,50)(H,46,51)/t23-,24-,26-,27-,29-,30-,32?,33?/m0/s1. The minimum atomic E-state index is -0.850. The second-order valence-electron chi connectivity index (χ2n) is 17.9. The number of para-hydroxylation sites is 1. The van der Waals surface area contributed by atoms with Crippen molar-refractivity contribution in [3.63, 3.8) is 0 Å². The van der Waals surface area contributed by atoms with Crippen molar-refractivity contribution < 1.29 is 37.9 Å². The van der Waals surface area contributed by atoms with Crippen LogP contribution in [0.2, 0.25) is 0 Å². The average Bonchev–Trinajstić information content (AvgIpc) is 3.72. The second-order valence-corrected chi connectivity index (χ2v) is 17.9. The highest BCUT2D eigenvalue weighted by Gasteiger charge is 2.56. The van der Waals surface area contributed by atoms with Crippen LogP contribution in [0.4, 0.5) is 0 Å². The molecular formula is C41H62N8O8. The molecule has 2 unspecified atom stereocenters. The number of fused-ring (bicyclic) bond motifs is 3. The molecule has 0 aliphatic carbocycles. The number of benzene rings is 1. The summed E-state index contributed by atoms with van der Waals surface area (Å²) in [4.78, 5) is 76.1. The number of oxazole rings is 1. The smallest absolute Gasteiger partial charge is 0.247 e. The highest BCUT2D eigenvalue weighted by molar-refractivity contribution is 5.94. The number of carbonyl (C=O) groups is 5. The third-order valence-corrected chi connectivity index (χ3v) is 12.1. The second kappa shape index (κ2) is 17.0. The molecule has 2 aromatic rings. The molecule has 16 heteroatoms. The van der Waals surface area contributed by atoms with Crippen molar-refractivity contribution >= 4 is 40.6 Å². The van der Waals surface area contributed by atoms with E-state index in [0.717, 1.165) is 12.0 Å². The van der Waals surface area contributed by atoms with Crippen LogP contribution in [-0.4, -0.2) is 114 Å². The van der Waals surface area contributed by atoms with E-state index in [0.29, 0.717) is 61.7 Å². The van der Waals surface area contributed by atoms with Gasteiger partial charge in [-0.05, 0) is 68.5 Å². The summed E-state index contributed by atoms with van der Waals surface area (Å²) in [5.41, 5.74) is 0.943. The van der Waals surface area contributed by atoms with Gasteiger partial charge in [0.1, 0.15) is 42.1 Å². The van der Waals surface area contributed by atoms with E-state index in [4.69, 9.17) is 18.9 Å². The van der Waals surface area contributed by atoms with Crippen molar-refractivity contribution in [2.24, 2.45) is 16.7 Å². The van der Waals surface area contributed by atoms with E-state index in [1.54, 1.807) is 30.7 Å². The van der Waals surface area contributed by atoms with Crippen LogP contribution in [0.5, 0.6) is 0 Å². The Balaban J connectivity index is 1.13. The molecule has 4 aliphatic rings. The fraction of sp³-hybridized carbons (Fsp3) is 0.707. The predicted octanol–water partition coefficient (Wildman–Crippen LogP) is 2.47. The molecule has 1 aromatic heterocycles. The number of nitrogens with one attached hydrogen (secondary N) is 5. The summed E-state index contributed by atoms with van der Waals surface area (Å²) >= 11 is 0. The molecule has 6 rings (SSSR count). The Hall–Kier alpha value is -4.12. The Morgan fingerprint density at radius 3 is 2.09 bits per heavy atom. The molecule has 5 amide bonds. The number of nitrogens with zero attached hydrogens (tertiary/aromatic N) is 3. The normalized spacial score (nSPS) is 28.0. The summed E-state index contributed by atoms with van der Waals surface area (Å²) in [5, 5.41) is 15.0. The summed E-state index contributed by atoms with van der Waals surface area (Å²) in [6.07, 6.45) is 1.52. The summed E-state index contributed by atoms with van der Waals surface area (Å²) in [6, 6.07) is 1.53. The van der Waals surface area contributed by atoms with Gasteiger partial charge in [0.25, 0.3) is 0 Å². The van der Waals surface area contributed by atoms with Crippen molar-refractivity contribution in [2.75, 3.05) is 26.8 Å². The van der Waals surface area contributed by atoms with E-state index in [9.17, 15) is 24.0 Å². The third kappa shape index (κ3) is 8.83. The number of hydrogen-bond donors (Lipinski definition) is 5. The van der Waals surface area contributed by atoms with Gasteiger partial charge < -0.3 is 50.3 Å². The molecule has 16 nitrogen and oxygen atoms in total. The minimum Gasteiger partial charge on any atom is -0.438 e. The SMILES string of the molecule is CN[C@@H](C)C(=O)N[C@H]1CCO[C@H]2CC(C)(C)C(c3nc4c(CN[C@@H](C)C(=O)N[C@H]5CCO[C@H]6CC(C)(C)C(C(=O)NCCC(C)C)N6C5=O)cccc4o3)N2C1=O. The van der Waals surface area contributed by atoms with Crippen LogP contribution in [0.1, 0.15) is 105 Å². The highest BCUT2D eigenvalue weighted by Crippen LogP contribution is 2.51. The molecule has 0 radical (unpaired) electrons. The number of likely N-dealkylation sites (N-methyl/N-ethyl adjacent to an activating group) is 1. The van der Waals surface area contributed by atoms with Gasteiger partial charge in [0.2, 0.25) is 35.4 Å². The van der Waals surface area contributed by atoms with E-state index < -0.39 is 59.5 Å². The fourth-order valence-electron chi connectivity index (χ4n) is 8.62. The van der Waals surface area contributed by atoms with E-state index in [1.807, 2.05) is 32.0 Å². The molecule has 0 saturated carbocycles. The van der Waals surface area contributed by atoms with Crippen LogP contribution in [0, 0.1) is 16.7 Å². The van der Waals surface area contributed by atoms with Gasteiger partial charge in [-0.3, -0.25) is 24.0 Å². The van der Waals surface area contributed by atoms with Crippen molar-refractivity contribution in [3.05, 3.63) is 29.7 Å². The molecule has 4 aliphatic heterocycles. The summed E-state index contributed by atoms with van der Waals surface area (Å²) in [6.45, 7) is 17.1. The number of aromatic nitrogens is 1. The molecule has 57 heavy (non-hydrogen) atoms. The molecule has 0 bridgehead atoms. The van der Waals surface area contributed by atoms with Crippen molar-refractivity contribution in [3.8, 4) is 0 Å². The lowest BCUT2D eigenvalue weighted by molar-refractivity contribution is -0.150. The quantitative estimate of drug-likeness (QED) is 0.200. The molecule has 0 spiro atoms. The zero-order valence-corrected chi connectivity index (χ0v) is 34.9. The van der Waals surface area contributed by atoms with Crippen LogP contribution in [0.15, 0.2) is 22.6 Å². The van der Waals surface area contributed by atoms with Gasteiger partial charge in [-0.15, -0.1) is 0 Å². The lowest BCUT2D eigenvalue weighted by atomic mass is 9.83.